The number of benzodiazepines with no additional fused rings is 1. The van der Waals surface area contributed by atoms with Crippen molar-refractivity contribution in [2.24, 2.45) is 4.99 Å². The summed E-state index contributed by atoms with van der Waals surface area (Å²) in [4.78, 5) is 15.5. The Labute approximate surface area is 143 Å². The Balaban J connectivity index is 2.19. The molecule has 2 N–H and O–H groups in total. The number of halogens is 2. The summed E-state index contributed by atoms with van der Waals surface area (Å²) in [5, 5.41) is 13.2. The van der Waals surface area contributed by atoms with Crippen LogP contribution in [0.2, 0.25) is 10.0 Å². The average Bonchev–Trinajstić information content (AvgIpc) is 2.66. The molecule has 2 aromatic carbocycles. The lowest BCUT2D eigenvalue weighted by Crippen LogP contribution is -2.06. The molecule has 0 fully saturated rings. The predicted octanol–water partition coefficient (Wildman–Crippen LogP) is 4.22. The Morgan fingerprint density at radius 2 is 1.96 bits per heavy atom. The highest BCUT2D eigenvalue weighted by Crippen LogP contribution is 2.30. The lowest BCUT2D eigenvalue weighted by atomic mass is 10.0. The SMILES string of the molecule is O=C(O)/C=C1/CN=C(c2ccccc2Cl)c2cc(Cl)ccc2N1. The van der Waals surface area contributed by atoms with Crippen LogP contribution >= 0.6 is 23.2 Å². The number of nitrogens with zero attached hydrogens (tertiary/aromatic N) is 1. The van der Waals surface area contributed by atoms with Gasteiger partial charge in [-0.3, -0.25) is 4.99 Å². The number of fused-ring (bicyclic) bond motifs is 1. The van der Waals surface area contributed by atoms with Crippen LogP contribution < -0.4 is 5.32 Å². The molecule has 0 bridgehead atoms. The van der Waals surface area contributed by atoms with Crippen molar-refractivity contribution < 1.29 is 9.90 Å². The Kier molecular flexibility index (Phi) is 4.37. The Morgan fingerprint density at radius 1 is 1.17 bits per heavy atom. The van der Waals surface area contributed by atoms with E-state index < -0.39 is 5.97 Å². The number of rotatable bonds is 2. The number of anilines is 1. The van der Waals surface area contributed by atoms with Gasteiger partial charge >= 0.3 is 5.97 Å². The van der Waals surface area contributed by atoms with Crippen LogP contribution in [0.3, 0.4) is 0 Å². The number of carbonyl (C=O) groups is 1. The van der Waals surface area contributed by atoms with E-state index in [9.17, 15) is 4.79 Å². The second kappa shape index (κ2) is 6.44. The first-order valence-corrected chi connectivity index (χ1v) is 7.60. The van der Waals surface area contributed by atoms with Gasteiger partial charge in [0, 0.05) is 38.6 Å². The molecule has 0 aromatic heterocycles. The van der Waals surface area contributed by atoms with Crippen molar-refractivity contribution in [1.29, 1.82) is 0 Å². The summed E-state index contributed by atoms with van der Waals surface area (Å²) in [7, 11) is 0. The van der Waals surface area contributed by atoms with Crippen LogP contribution in [0.1, 0.15) is 11.1 Å². The zero-order chi connectivity index (χ0) is 16.4. The molecule has 0 spiro atoms. The molecule has 23 heavy (non-hydrogen) atoms. The third kappa shape index (κ3) is 3.38. The molecule has 3 rings (SSSR count). The number of hydrogen-bond acceptors (Lipinski definition) is 3. The van der Waals surface area contributed by atoms with Crippen molar-refractivity contribution in [2.45, 2.75) is 0 Å². The summed E-state index contributed by atoms with van der Waals surface area (Å²) < 4.78 is 0. The van der Waals surface area contributed by atoms with Gasteiger partial charge in [0.15, 0.2) is 0 Å². The fourth-order valence-corrected chi connectivity index (χ4v) is 2.79. The summed E-state index contributed by atoms with van der Waals surface area (Å²) in [6.45, 7) is 0.207. The van der Waals surface area contributed by atoms with Gasteiger partial charge in [-0.1, -0.05) is 41.4 Å². The maximum Gasteiger partial charge on any atom is 0.330 e. The molecule has 1 aliphatic rings. The zero-order valence-electron chi connectivity index (χ0n) is 11.9. The summed E-state index contributed by atoms with van der Waals surface area (Å²) in [6.07, 6.45) is 1.11. The first-order valence-electron chi connectivity index (χ1n) is 6.84. The van der Waals surface area contributed by atoms with Gasteiger partial charge < -0.3 is 10.4 Å². The summed E-state index contributed by atoms with van der Waals surface area (Å²) in [5.41, 5.74) is 3.45. The van der Waals surface area contributed by atoms with Crippen molar-refractivity contribution in [3.8, 4) is 0 Å². The van der Waals surface area contributed by atoms with E-state index in [4.69, 9.17) is 28.3 Å². The van der Waals surface area contributed by atoms with E-state index in [2.05, 4.69) is 10.3 Å². The number of benzene rings is 2. The number of aliphatic imine (C=N–C) groups is 1. The highest BCUT2D eigenvalue weighted by Gasteiger charge is 2.19. The highest BCUT2D eigenvalue weighted by atomic mass is 35.5. The molecule has 0 amide bonds. The maximum absolute atomic E-state index is 10.9. The van der Waals surface area contributed by atoms with Gasteiger partial charge in [0.1, 0.15) is 0 Å². The Hall–Kier alpha value is -2.30. The van der Waals surface area contributed by atoms with Gasteiger partial charge in [0.2, 0.25) is 0 Å². The van der Waals surface area contributed by atoms with Crippen molar-refractivity contribution in [2.75, 3.05) is 11.9 Å². The summed E-state index contributed by atoms with van der Waals surface area (Å²) >= 11 is 12.4. The smallest absolute Gasteiger partial charge is 0.330 e. The van der Waals surface area contributed by atoms with Gasteiger partial charge in [-0.2, -0.15) is 0 Å². The molecule has 6 heteroatoms. The number of carboxylic acid groups (broad SMARTS) is 1. The molecule has 2 aromatic rings. The van der Waals surface area contributed by atoms with Crippen LogP contribution in [-0.2, 0) is 4.79 Å². The number of nitrogens with one attached hydrogen (secondary N) is 1. The molecule has 0 unspecified atom stereocenters. The van der Waals surface area contributed by atoms with Crippen LogP contribution in [0.4, 0.5) is 5.69 Å². The van der Waals surface area contributed by atoms with Crippen LogP contribution in [0.5, 0.6) is 0 Å². The van der Waals surface area contributed by atoms with Crippen molar-refractivity contribution in [1.82, 2.24) is 0 Å². The zero-order valence-corrected chi connectivity index (χ0v) is 13.4. The first kappa shape index (κ1) is 15.6. The number of aliphatic carboxylic acids is 1. The number of carboxylic acids is 1. The Bertz CT molecular complexity index is 844. The van der Waals surface area contributed by atoms with Crippen LogP contribution in [0.15, 0.2) is 59.2 Å². The summed E-state index contributed by atoms with van der Waals surface area (Å²) in [6, 6.07) is 12.7. The molecule has 0 saturated heterocycles. The standard InChI is InChI=1S/C17H12Cl2N2O2/c18-10-5-6-15-13(7-10)17(12-3-1-2-4-14(12)19)20-9-11(21-15)8-16(22)23/h1-8,21H,9H2,(H,22,23)/b11-8-. The molecular formula is C17H12Cl2N2O2. The maximum atomic E-state index is 10.9. The van der Waals surface area contributed by atoms with Gasteiger partial charge in [-0.05, 0) is 24.3 Å². The van der Waals surface area contributed by atoms with E-state index in [1.165, 1.54) is 0 Å². The largest absolute Gasteiger partial charge is 0.478 e. The highest BCUT2D eigenvalue weighted by molar-refractivity contribution is 6.36. The molecule has 0 saturated carbocycles. The summed E-state index contributed by atoms with van der Waals surface area (Å²) in [5.74, 6) is -1.03. The van der Waals surface area contributed by atoms with E-state index in [1.54, 1.807) is 24.3 Å². The van der Waals surface area contributed by atoms with Crippen LogP contribution in [-0.4, -0.2) is 23.3 Å². The molecule has 0 aliphatic carbocycles. The van der Waals surface area contributed by atoms with Crippen molar-refractivity contribution in [3.63, 3.8) is 0 Å². The van der Waals surface area contributed by atoms with Gasteiger partial charge in [-0.15, -0.1) is 0 Å². The fourth-order valence-electron chi connectivity index (χ4n) is 2.40. The predicted molar refractivity (Wildman–Crippen MR) is 92.8 cm³/mol. The molecule has 4 nitrogen and oxygen atoms in total. The lowest BCUT2D eigenvalue weighted by molar-refractivity contribution is -0.131. The van der Waals surface area contributed by atoms with E-state index >= 15 is 0 Å². The van der Waals surface area contributed by atoms with Crippen LogP contribution in [0, 0.1) is 0 Å². The minimum atomic E-state index is -1.03. The second-order valence-corrected chi connectivity index (χ2v) is 5.81. The van der Waals surface area contributed by atoms with Gasteiger partial charge in [0.05, 0.1) is 12.3 Å². The van der Waals surface area contributed by atoms with Crippen molar-refractivity contribution in [3.05, 3.63) is 75.4 Å². The second-order valence-electron chi connectivity index (χ2n) is 4.97. The minimum absolute atomic E-state index is 0.207. The number of hydrogen-bond donors (Lipinski definition) is 2. The first-order chi connectivity index (χ1) is 11.0. The third-order valence-electron chi connectivity index (χ3n) is 3.37. The van der Waals surface area contributed by atoms with Crippen molar-refractivity contribution >= 4 is 40.6 Å². The molecule has 116 valence electrons. The van der Waals surface area contributed by atoms with E-state index in [-0.39, 0.29) is 6.54 Å². The third-order valence-corrected chi connectivity index (χ3v) is 3.93. The average molecular weight is 347 g/mol. The monoisotopic (exact) mass is 346 g/mol. The quantitative estimate of drug-likeness (QED) is 0.800. The minimum Gasteiger partial charge on any atom is -0.478 e. The van der Waals surface area contributed by atoms with Crippen LogP contribution in [0.25, 0.3) is 0 Å². The normalized spacial score (nSPS) is 15.4. The van der Waals surface area contributed by atoms with E-state index in [0.29, 0.717) is 21.5 Å². The van der Waals surface area contributed by atoms with Gasteiger partial charge in [0.25, 0.3) is 0 Å². The van der Waals surface area contributed by atoms with E-state index in [0.717, 1.165) is 22.9 Å². The molecule has 0 atom stereocenters. The molecule has 1 heterocycles. The molecule has 1 aliphatic heterocycles. The topological polar surface area (TPSA) is 61.7 Å². The van der Waals surface area contributed by atoms with Gasteiger partial charge in [-0.25, -0.2) is 4.79 Å². The molecule has 0 radical (unpaired) electrons. The molecular weight excluding hydrogens is 335 g/mol. The van der Waals surface area contributed by atoms with E-state index in [1.807, 2.05) is 18.2 Å². The Morgan fingerprint density at radius 3 is 2.70 bits per heavy atom. The lowest BCUT2D eigenvalue weighted by Gasteiger charge is -2.12. The fraction of sp³-hybridized carbons (Fsp3) is 0.0588.